The monoisotopic (exact) mass is 415 g/mol. The van der Waals surface area contributed by atoms with Crippen LogP contribution in [0.5, 0.6) is 0 Å². The van der Waals surface area contributed by atoms with Gasteiger partial charge in [0.15, 0.2) is 0 Å². The number of fused-ring (bicyclic) bond motifs is 1. The number of sulfonamides is 1. The molecule has 7 nitrogen and oxygen atoms in total. The SMILES string of the molecule is CC[C@@H]1CN(S(=O)(=O)CCC(F)(F)F)C[C@@H]1Nc1c(C#N)cnc2[nH]ccc12. The highest BCUT2D eigenvalue weighted by atomic mass is 32.2. The van der Waals surface area contributed by atoms with E-state index in [-0.39, 0.29) is 25.0 Å². The first-order valence-electron chi connectivity index (χ1n) is 8.82. The van der Waals surface area contributed by atoms with E-state index < -0.39 is 28.4 Å². The fraction of sp³-hybridized carbons (Fsp3) is 0.529. The second-order valence-corrected chi connectivity index (χ2v) is 8.90. The quantitative estimate of drug-likeness (QED) is 0.755. The van der Waals surface area contributed by atoms with E-state index in [1.54, 1.807) is 12.3 Å². The van der Waals surface area contributed by atoms with E-state index in [4.69, 9.17) is 0 Å². The van der Waals surface area contributed by atoms with Crippen LogP contribution in [0.3, 0.4) is 0 Å². The molecule has 0 radical (unpaired) electrons. The number of hydrogen-bond donors (Lipinski definition) is 2. The summed E-state index contributed by atoms with van der Waals surface area (Å²) in [7, 11) is -4.02. The van der Waals surface area contributed by atoms with Gasteiger partial charge in [-0.3, -0.25) is 0 Å². The molecule has 2 atom stereocenters. The average Bonchev–Trinajstić information content (AvgIpc) is 3.26. The number of aromatic nitrogens is 2. The smallest absolute Gasteiger partial charge is 0.379 e. The lowest BCUT2D eigenvalue weighted by atomic mass is 10.00. The minimum Gasteiger partial charge on any atom is -0.379 e. The minimum atomic E-state index is -4.52. The zero-order chi connectivity index (χ0) is 20.5. The highest BCUT2D eigenvalue weighted by Gasteiger charge is 2.40. The summed E-state index contributed by atoms with van der Waals surface area (Å²) in [6, 6.07) is 3.51. The number of rotatable bonds is 6. The van der Waals surface area contributed by atoms with Gasteiger partial charge in [-0.1, -0.05) is 13.3 Å². The Morgan fingerprint density at radius 3 is 2.82 bits per heavy atom. The second-order valence-electron chi connectivity index (χ2n) is 6.82. The summed E-state index contributed by atoms with van der Waals surface area (Å²) >= 11 is 0. The predicted octanol–water partition coefficient (Wildman–Crippen LogP) is 2.84. The maximum Gasteiger partial charge on any atom is 0.390 e. The number of nitriles is 1. The number of halogens is 3. The molecular weight excluding hydrogens is 395 g/mol. The molecule has 0 aromatic carbocycles. The van der Waals surface area contributed by atoms with Gasteiger partial charge in [-0.2, -0.15) is 22.7 Å². The van der Waals surface area contributed by atoms with E-state index in [9.17, 15) is 26.9 Å². The molecule has 1 aliphatic heterocycles. The number of alkyl halides is 3. The molecule has 0 spiro atoms. The van der Waals surface area contributed by atoms with Crippen LogP contribution in [0, 0.1) is 17.2 Å². The summed E-state index contributed by atoms with van der Waals surface area (Å²) in [5, 5.41) is 13.3. The van der Waals surface area contributed by atoms with Crippen molar-refractivity contribution in [1.82, 2.24) is 14.3 Å². The fourth-order valence-electron chi connectivity index (χ4n) is 3.44. The lowest BCUT2D eigenvalue weighted by Gasteiger charge is -2.21. The predicted molar refractivity (Wildman–Crippen MR) is 98.0 cm³/mol. The summed E-state index contributed by atoms with van der Waals surface area (Å²) < 4.78 is 63.2. The second kappa shape index (κ2) is 7.60. The summed E-state index contributed by atoms with van der Waals surface area (Å²) in [6.07, 6.45) is -2.13. The molecule has 0 bridgehead atoms. The van der Waals surface area contributed by atoms with Gasteiger partial charge in [0.25, 0.3) is 0 Å². The van der Waals surface area contributed by atoms with Gasteiger partial charge in [0.2, 0.25) is 10.0 Å². The average molecular weight is 415 g/mol. The van der Waals surface area contributed by atoms with Crippen LogP contribution < -0.4 is 5.32 Å². The Hall–Kier alpha value is -2.32. The van der Waals surface area contributed by atoms with Crippen molar-refractivity contribution < 1.29 is 21.6 Å². The Balaban J connectivity index is 1.82. The number of aromatic amines is 1. The van der Waals surface area contributed by atoms with Crippen molar-refractivity contribution in [3.8, 4) is 6.07 Å². The number of pyridine rings is 1. The van der Waals surface area contributed by atoms with Gasteiger partial charge in [-0.15, -0.1) is 0 Å². The Morgan fingerprint density at radius 1 is 1.43 bits per heavy atom. The van der Waals surface area contributed by atoms with Crippen molar-refractivity contribution in [3.63, 3.8) is 0 Å². The van der Waals surface area contributed by atoms with E-state index in [1.807, 2.05) is 6.92 Å². The van der Waals surface area contributed by atoms with Gasteiger partial charge in [0.1, 0.15) is 11.7 Å². The van der Waals surface area contributed by atoms with E-state index in [0.29, 0.717) is 28.7 Å². The normalized spacial score (nSPS) is 21.1. The molecule has 11 heteroatoms. The standard InChI is InChI=1S/C17H20F3N5O2S/c1-2-11-9-25(28(26,27)6-4-17(18,19)20)10-14(11)24-15-12(7-21)8-23-16-13(15)3-5-22-16/h3,5,8,11,14H,2,4,6,9-10H2,1H3,(H2,22,23,24)/t11-,14+/m1/s1. The molecule has 3 heterocycles. The molecule has 2 N–H and O–H groups in total. The van der Waals surface area contributed by atoms with Crippen molar-refractivity contribution in [2.45, 2.75) is 32.0 Å². The number of H-pyrrole nitrogens is 1. The largest absolute Gasteiger partial charge is 0.390 e. The van der Waals surface area contributed by atoms with Crippen molar-refractivity contribution in [2.24, 2.45) is 5.92 Å². The molecule has 1 aliphatic rings. The maximum absolute atomic E-state index is 12.4. The Bertz CT molecular complexity index is 996. The van der Waals surface area contributed by atoms with Crippen LogP contribution in [0.1, 0.15) is 25.3 Å². The van der Waals surface area contributed by atoms with Crippen molar-refractivity contribution >= 4 is 26.7 Å². The number of nitrogens with one attached hydrogen (secondary N) is 2. The first kappa shape index (κ1) is 20.4. The van der Waals surface area contributed by atoms with Crippen LogP contribution in [-0.4, -0.2) is 53.8 Å². The number of nitrogens with zero attached hydrogens (tertiary/aromatic N) is 3. The topological polar surface area (TPSA) is 102 Å². The van der Waals surface area contributed by atoms with Gasteiger partial charge in [0, 0.05) is 36.9 Å². The van der Waals surface area contributed by atoms with Gasteiger partial charge >= 0.3 is 6.18 Å². The third-order valence-corrected chi connectivity index (χ3v) is 6.81. The van der Waals surface area contributed by atoms with Gasteiger partial charge < -0.3 is 10.3 Å². The van der Waals surface area contributed by atoms with E-state index >= 15 is 0 Å². The molecule has 0 saturated carbocycles. The van der Waals surface area contributed by atoms with Crippen molar-refractivity contribution in [2.75, 3.05) is 24.2 Å². The van der Waals surface area contributed by atoms with Gasteiger partial charge in [-0.25, -0.2) is 13.4 Å². The van der Waals surface area contributed by atoms with Crippen LogP contribution >= 0.6 is 0 Å². The van der Waals surface area contributed by atoms with Crippen LogP contribution in [0.4, 0.5) is 18.9 Å². The Labute approximate surface area is 160 Å². The molecule has 152 valence electrons. The lowest BCUT2D eigenvalue weighted by molar-refractivity contribution is -0.130. The Morgan fingerprint density at radius 2 is 2.18 bits per heavy atom. The van der Waals surface area contributed by atoms with Crippen LogP contribution in [0.15, 0.2) is 18.5 Å². The lowest BCUT2D eigenvalue weighted by Crippen LogP contribution is -2.34. The third-order valence-electron chi connectivity index (χ3n) is 5.01. The number of anilines is 1. The van der Waals surface area contributed by atoms with Gasteiger partial charge in [-0.05, 0) is 12.0 Å². The molecule has 3 rings (SSSR count). The molecule has 28 heavy (non-hydrogen) atoms. The summed E-state index contributed by atoms with van der Waals surface area (Å²) in [5.74, 6) is -1.05. The molecule has 1 saturated heterocycles. The van der Waals surface area contributed by atoms with Crippen LogP contribution in [0.2, 0.25) is 0 Å². The first-order chi connectivity index (χ1) is 13.1. The van der Waals surface area contributed by atoms with E-state index in [2.05, 4.69) is 21.4 Å². The molecule has 2 aromatic rings. The van der Waals surface area contributed by atoms with E-state index in [0.717, 1.165) is 4.31 Å². The van der Waals surface area contributed by atoms with Gasteiger partial charge in [0.05, 0.1) is 23.4 Å². The molecule has 1 fully saturated rings. The van der Waals surface area contributed by atoms with E-state index in [1.165, 1.54) is 6.20 Å². The summed E-state index contributed by atoms with van der Waals surface area (Å²) in [5.41, 5.74) is 1.45. The molecule has 0 amide bonds. The zero-order valence-corrected chi connectivity index (χ0v) is 15.9. The zero-order valence-electron chi connectivity index (χ0n) is 15.1. The molecular formula is C17H20F3N5O2S. The first-order valence-corrected chi connectivity index (χ1v) is 10.4. The van der Waals surface area contributed by atoms with Crippen LogP contribution in [-0.2, 0) is 10.0 Å². The van der Waals surface area contributed by atoms with Crippen molar-refractivity contribution in [1.29, 1.82) is 5.26 Å². The molecule has 0 aliphatic carbocycles. The molecule has 2 aromatic heterocycles. The minimum absolute atomic E-state index is 0.0534. The maximum atomic E-state index is 12.4. The highest BCUT2D eigenvalue weighted by molar-refractivity contribution is 7.89. The number of hydrogen-bond acceptors (Lipinski definition) is 5. The summed E-state index contributed by atoms with van der Waals surface area (Å²) in [6.45, 7) is 2.10. The van der Waals surface area contributed by atoms with Crippen LogP contribution in [0.25, 0.3) is 11.0 Å². The summed E-state index contributed by atoms with van der Waals surface area (Å²) in [4.78, 5) is 7.11. The molecule has 0 unspecified atom stereocenters. The van der Waals surface area contributed by atoms with Crippen molar-refractivity contribution in [3.05, 3.63) is 24.0 Å². The third kappa shape index (κ3) is 4.23. The highest BCUT2D eigenvalue weighted by Crippen LogP contribution is 2.31. The Kier molecular flexibility index (Phi) is 5.54. The fourth-order valence-corrected chi connectivity index (χ4v) is 5.00.